The minimum atomic E-state index is -0.247. The summed E-state index contributed by atoms with van der Waals surface area (Å²) < 4.78 is 12.3. The van der Waals surface area contributed by atoms with E-state index in [-0.39, 0.29) is 12.5 Å². The van der Waals surface area contributed by atoms with Crippen LogP contribution in [-0.4, -0.2) is 25.8 Å². The predicted octanol–water partition coefficient (Wildman–Crippen LogP) is 5.40. The van der Waals surface area contributed by atoms with E-state index in [0.717, 1.165) is 25.9 Å². The number of anilines is 1. The van der Waals surface area contributed by atoms with Gasteiger partial charge in [-0.3, -0.25) is 4.79 Å². The molecule has 3 rings (SSSR count). The molecular formula is C24H23ClIN3O3. The maximum atomic E-state index is 12.0. The zero-order valence-corrected chi connectivity index (χ0v) is 20.6. The van der Waals surface area contributed by atoms with Gasteiger partial charge in [-0.1, -0.05) is 47.5 Å². The number of methoxy groups -OCH3 is 1. The average Bonchev–Trinajstić information content (AvgIpc) is 2.78. The lowest BCUT2D eigenvalue weighted by Gasteiger charge is -2.14. The molecule has 6 nitrogen and oxygen atoms in total. The van der Waals surface area contributed by atoms with E-state index in [1.807, 2.05) is 61.5 Å². The van der Waals surface area contributed by atoms with Crippen LogP contribution in [0, 0.1) is 10.5 Å². The summed E-state index contributed by atoms with van der Waals surface area (Å²) in [5.41, 5.74) is 6.21. The summed E-state index contributed by atoms with van der Waals surface area (Å²) in [6.45, 7) is 2.46. The summed E-state index contributed by atoms with van der Waals surface area (Å²) in [6, 6.07) is 19.0. The van der Waals surface area contributed by atoms with E-state index in [1.54, 1.807) is 19.4 Å². The van der Waals surface area contributed by atoms with Crippen molar-refractivity contribution < 1.29 is 14.3 Å². The summed E-state index contributed by atoms with van der Waals surface area (Å²) in [6.07, 6.45) is 1.56. The summed E-state index contributed by atoms with van der Waals surface area (Å²) in [4.78, 5) is 12.0. The van der Waals surface area contributed by atoms with Gasteiger partial charge in [-0.05, 0) is 65.4 Å². The van der Waals surface area contributed by atoms with E-state index in [9.17, 15) is 4.79 Å². The maximum Gasteiger partial charge on any atom is 0.259 e. The number of nitrogens with one attached hydrogen (secondary N) is 2. The van der Waals surface area contributed by atoms with Gasteiger partial charge in [-0.2, -0.15) is 5.10 Å². The van der Waals surface area contributed by atoms with Crippen LogP contribution in [0.1, 0.15) is 16.7 Å². The monoisotopic (exact) mass is 563 g/mol. The van der Waals surface area contributed by atoms with Crippen LogP contribution >= 0.6 is 34.2 Å². The second-order valence-electron chi connectivity index (χ2n) is 6.93. The first-order valence-electron chi connectivity index (χ1n) is 9.82. The van der Waals surface area contributed by atoms with Crippen LogP contribution in [0.15, 0.2) is 65.8 Å². The second kappa shape index (κ2) is 11.7. The first-order valence-corrected chi connectivity index (χ1v) is 11.3. The second-order valence-corrected chi connectivity index (χ2v) is 8.50. The molecule has 0 spiro atoms. The number of ether oxygens (including phenoxy) is 2. The smallest absolute Gasteiger partial charge is 0.259 e. The molecule has 0 saturated carbocycles. The number of aryl methyl sites for hydroxylation is 1. The zero-order chi connectivity index (χ0) is 22.9. The Hall–Kier alpha value is -2.78. The summed E-state index contributed by atoms with van der Waals surface area (Å²) in [5, 5.41) is 7.74. The van der Waals surface area contributed by atoms with E-state index in [0.29, 0.717) is 23.1 Å². The van der Waals surface area contributed by atoms with Crippen molar-refractivity contribution in [3.63, 3.8) is 0 Å². The van der Waals surface area contributed by atoms with Crippen molar-refractivity contribution >= 4 is 52.0 Å². The van der Waals surface area contributed by atoms with Crippen molar-refractivity contribution in [3.8, 4) is 11.5 Å². The molecule has 0 atom stereocenters. The molecule has 0 bridgehead atoms. The molecular weight excluding hydrogens is 541 g/mol. The van der Waals surface area contributed by atoms with Crippen molar-refractivity contribution in [2.24, 2.45) is 5.10 Å². The third kappa shape index (κ3) is 6.86. The highest BCUT2D eigenvalue weighted by atomic mass is 127. The number of hydrogen-bond acceptors (Lipinski definition) is 5. The number of nitrogens with zero attached hydrogens (tertiary/aromatic N) is 1. The maximum absolute atomic E-state index is 12.0. The Morgan fingerprint density at radius 2 is 1.91 bits per heavy atom. The molecule has 3 aromatic rings. The van der Waals surface area contributed by atoms with Crippen LogP contribution in [0.2, 0.25) is 5.02 Å². The minimum absolute atomic E-state index is 0.121. The van der Waals surface area contributed by atoms with Gasteiger partial charge < -0.3 is 14.8 Å². The number of benzene rings is 3. The molecule has 32 heavy (non-hydrogen) atoms. The molecule has 0 aromatic heterocycles. The molecule has 0 aliphatic carbocycles. The van der Waals surface area contributed by atoms with Gasteiger partial charge in [-0.15, -0.1) is 0 Å². The highest BCUT2D eigenvalue weighted by molar-refractivity contribution is 14.1. The third-order valence-corrected chi connectivity index (χ3v) is 5.66. The standard InChI is InChI=1S/C24H23ClIN3O3/c1-16-7-9-19(10-8-16)27-14-23(30)29-28-13-17-11-21(26)24(22(12-17)31-2)32-15-18-5-3-4-6-20(18)25/h3-13,27H,14-15H2,1-2H3,(H,29,30)/b28-13-. The molecule has 0 saturated heterocycles. The number of hydrazone groups is 1. The topological polar surface area (TPSA) is 72.0 Å². The van der Waals surface area contributed by atoms with Gasteiger partial charge in [0.25, 0.3) is 5.91 Å². The highest BCUT2D eigenvalue weighted by Crippen LogP contribution is 2.34. The zero-order valence-electron chi connectivity index (χ0n) is 17.7. The normalized spacial score (nSPS) is 10.8. The van der Waals surface area contributed by atoms with Gasteiger partial charge >= 0.3 is 0 Å². The van der Waals surface area contributed by atoms with Gasteiger partial charge in [0.2, 0.25) is 0 Å². The lowest BCUT2D eigenvalue weighted by molar-refractivity contribution is -0.119. The summed E-state index contributed by atoms with van der Waals surface area (Å²) in [7, 11) is 1.58. The van der Waals surface area contributed by atoms with E-state index >= 15 is 0 Å². The van der Waals surface area contributed by atoms with E-state index in [1.165, 1.54) is 0 Å². The molecule has 0 aliphatic heterocycles. The molecule has 0 fully saturated rings. The molecule has 0 radical (unpaired) electrons. The van der Waals surface area contributed by atoms with Crippen LogP contribution in [0.4, 0.5) is 5.69 Å². The van der Waals surface area contributed by atoms with Crippen molar-refractivity contribution in [1.29, 1.82) is 0 Å². The SMILES string of the molecule is COc1cc(/C=N\NC(=O)CNc2ccc(C)cc2)cc(I)c1OCc1ccccc1Cl. The molecule has 0 aliphatic rings. The lowest BCUT2D eigenvalue weighted by atomic mass is 10.2. The number of amides is 1. The molecule has 166 valence electrons. The van der Waals surface area contributed by atoms with Crippen LogP contribution in [0.5, 0.6) is 11.5 Å². The van der Waals surface area contributed by atoms with Gasteiger partial charge in [0, 0.05) is 16.3 Å². The van der Waals surface area contributed by atoms with Crippen LogP contribution in [0.25, 0.3) is 0 Å². The molecule has 8 heteroatoms. The average molecular weight is 564 g/mol. The van der Waals surface area contributed by atoms with Crippen LogP contribution < -0.4 is 20.2 Å². The van der Waals surface area contributed by atoms with E-state index in [2.05, 4.69) is 38.4 Å². The Kier molecular flexibility index (Phi) is 8.75. The van der Waals surface area contributed by atoms with E-state index in [4.69, 9.17) is 21.1 Å². The number of hydrogen-bond donors (Lipinski definition) is 2. The fraction of sp³-hybridized carbons (Fsp3) is 0.167. The van der Waals surface area contributed by atoms with Gasteiger partial charge in [0.05, 0.1) is 23.4 Å². The van der Waals surface area contributed by atoms with Gasteiger partial charge in [-0.25, -0.2) is 5.43 Å². The number of carbonyl (C=O) groups is 1. The number of halogens is 2. The molecule has 1 amide bonds. The predicted molar refractivity (Wildman–Crippen MR) is 137 cm³/mol. The Morgan fingerprint density at radius 1 is 1.16 bits per heavy atom. The molecule has 0 unspecified atom stereocenters. The molecule has 0 heterocycles. The fourth-order valence-electron chi connectivity index (χ4n) is 2.79. The Morgan fingerprint density at radius 3 is 2.62 bits per heavy atom. The van der Waals surface area contributed by atoms with Crippen molar-refractivity contribution in [3.05, 3.63) is 85.9 Å². The van der Waals surface area contributed by atoms with Crippen molar-refractivity contribution in [1.82, 2.24) is 5.43 Å². The number of carbonyl (C=O) groups excluding carboxylic acids is 1. The van der Waals surface area contributed by atoms with Crippen LogP contribution in [0.3, 0.4) is 0 Å². The number of rotatable bonds is 9. The van der Waals surface area contributed by atoms with Crippen LogP contribution in [-0.2, 0) is 11.4 Å². The Balaban J connectivity index is 1.58. The van der Waals surface area contributed by atoms with E-state index < -0.39 is 0 Å². The van der Waals surface area contributed by atoms with Gasteiger partial charge in [0.15, 0.2) is 11.5 Å². The largest absolute Gasteiger partial charge is 0.493 e. The lowest BCUT2D eigenvalue weighted by Crippen LogP contribution is -2.25. The Labute approximate surface area is 206 Å². The third-order valence-electron chi connectivity index (χ3n) is 4.49. The van der Waals surface area contributed by atoms with Gasteiger partial charge in [0.1, 0.15) is 6.61 Å². The Bertz CT molecular complexity index is 1100. The quantitative estimate of drug-likeness (QED) is 0.208. The first-order chi connectivity index (χ1) is 15.5. The van der Waals surface area contributed by atoms with Crippen molar-refractivity contribution in [2.45, 2.75) is 13.5 Å². The molecule has 2 N–H and O–H groups in total. The fourth-order valence-corrected chi connectivity index (χ4v) is 3.76. The first kappa shape index (κ1) is 23.9. The highest BCUT2D eigenvalue weighted by Gasteiger charge is 2.12. The summed E-state index contributed by atoms with van der Waals surface area (Å²) >= 11 is 8.38. The van der Waals surface area contributed by atoms with Crippen molar-refractivity contribution in [2.75, 3.05) is 19.0 Å². The summed E-state index contributed by atoms with van der Waals surface area (Å²) in [5.74, 6) is 0.942. The molecule has 3 aromatic carbocycles. The minimum Gasteiger partial charge on any atom is -0.493 e.